The molecule has 1 aromatic heterocycles. The number of nitrogens with zero attached hydrogens (tertiary/aromatic N) is 2. The maximum absolute atomic E-state index is 11.8. The molecular weight excluding hydrogens is 314 g/mol. The van der Waals surface area contributed by atoms with Crippen LogP contribution in [0, 0.1) is 0 Å². The largest absolute Gasteiger partial charge is 0.496 e. The number of benzene rings is 1. The van der Waals surface area contributed by atoms with Crippen molar-refractivity contribution in [1.82, 2.24) is 15.1 Å². The lowest BCUT2D eigenvalue weighted by molar-refractivity contribution is 0.316. The third-order valence-electron chi connectivity index (χ3n) is 4.30. The van der Waals surface area contributed by atoms with E-state index in [0.29, 0.717) is 4.90 Å². The molecule has 124 valence electrons. The van der Waals surface area contributed by atoms with Gasteiger partial charge < -0.3 is 4.74 Å². The predicted octanol–water partition coefficient (Wildman–Crippen LogP) is 1.81. The summed E-state index contributed by atoms with van der Waals surface area (Å²) in [5.41, 5.74) is 1.87. The molecule has 0 unspecified atom stereocenters. The molecule has 0 spiro atoms. The van der Waals surface area contributed by atoms with Gasteiger partial charge in [0.05, 0.1) is 19.0 Å². The lowest BCUT2D eigenvalue weighted by atomic mass is 10.1. The van der Waals surface area contributed by atoms with E-state index in [2.05, 4.69) is 21.2 Å². The molecule has 1 fully saturated rings. The standard InChI is InChI=1S/C16H21N3O3S/c1-22-14-6-4-3-5-12(14)10-19-8-7-13(11-19)16-15(9-17-18-16)23(2,20)21/h3-6,9,13H,7-8,10-11H2,1-2H3,(H,17,18)/t13-/m0/s1. The van der Waals surface area contributed by atoms with Gasteiger partial charge in [-0.3, -0.25) is 10.00 Å². The Kier molecular flexibility index (Phi) is 4.41. The number of hydrogen-bond donors (Lipinski definition) is 1. The van der Waals surface area contributed by atoms with Crippen molar-refractivity contribution in [1.29, 1.82) is 0 Å². The van der Waals surface area contributed by atoms with Gasteiger partial charge in [-0.15, -0.1) is 0 Å². The summed E-state index contributed by atoms with van der Waals surface area (Å²) in [6, 6.07) is 7.98. The molecule has 1 saturated heterocycles. The Morgan fingerprint density at radius 3 is 2.91 bits per heavy atom. The van der Waals surface area contributed by atoms with Crippen LogP contribution in [0.5, 0.6) is 5.75 Å². The summed E-state index contributed by atoms with van der Waals surface area (Å²) in [6.07, 6.45) is 3.55. The first kappa shape index (κ1) is 16.0. The highest BCUT2D eigenvalue weighted by molar-refractivity contribution is 7.90. The summed E-state index contributed by atoms with van der Waals surface area (Å²) in [7, 11) is -1.57. The van der Waals surface area contributed by atoms with Crippen LogP contribution in [0.1, 0.15) is 23.6 Å². The van der Waals surface area contributed by atoms with Crippen LogP contribution in [0.2, 0.25) is 0 Å². The second-order valence-corrected chi connectivity index (χ2v) is 7.94. The average Bonchev–Trinajstić information content (AvgIpc) is 3.15. The van der Waals surface area contributed by atoms with Gasteiger partial charge in [0.15, 0.2) is 9.84 Å². The number of methoxy groups -OCH3 is 1. The number of sulfone groups is 1. The first-order chi connectivity index (χ1) is 11.0. The van der Waals surface area contributed by atoms with Crippen molar-refractivity contribution in [3.63, 3.8) is 0 Å². The van der Waals surface area contributed by atoms with Crippen LogP contribution in [0.4, 0.5) is 0 Å². The van der Waals surface area contributed by atoms with Crippen LogP contribution in [0.3, 0.4) is 0 Å². The van der Waals surface area contributed by atoms with E-state index in [1.54, 1.807) is 7.11 Å². The van der Waals surface area contributed by atoms with Crippen LogP contribution in [-0.2, 0) is 16.4 Å². The van der Waals surface area contributed by atoms with Gasteiger partial charge in [-0.2, -0.15) is 5.10 Å². The summed E-state index contributed by atoms with van der Waals surface area (Å²) >= 11 is 0. The molecule has 2 heterocycles. The Bertz CT molecular complexity index is 785. The van der Waals surface area contributed by atoms with Crippen molar-refractivity contribution in [2.75, 3.05) is 26.5 Å². The zero-order valence-corrected chi connectivity index (χ0v) is 14.1. The molecule has 2 aromatic rings. The number of nitrogens with one attached hydrogen (secondary N) is 1. The smallest absolute Gasteiger partial charge is 0.178 e. The Morgan fingerprint density at radius 1 is 1.39 bits per heavy atom. The summed E-state index contributed by atoms with van der Waals surface area (Å²) in [6.45, 7) is 2.52. The van der Waals surface area contributed by atoms with Gasteiger partial charge >= 0.3 is 0 Å². The molecule has 3 rings (SSSR count). The Balaban J connectivity index is 1.73. The number of ether oxygens (including phenoxy) is 1. The lowest BCUT2D eigenvalue weighted by Gasteiger charge is -2.17. The number of aromatic nitrogens is 2. The molecule has 0 saturated carbocycles. The molecule has 1 aromatic carbocycles. The zero-order valence-electron chi connectivity index (χ0n) is 13.3. The van der Waals surface area contributed by atoms with Crippen molar-refractivity contribution in [3.05, 3.63) is 41.7 Å². The number of para-hydroxylation sites is 1. The second kappa shape index (κ2) is 6.33. The molecule has 1 aliphatic heterocycles. The summed E-state index contributed by atoms with van der Waals surface area (Å²) < 4.78 is 29.1. The molecule has 23 heavy (non-hydrogen) atoms. The molecule has 1 atom stereocenters. The van der Waals surface area contributed by atoms with Gasteiger partial charge in [0.1, 0.15) is 10.6 Å². The fraction of sp³-hybridized carbons (Fsp3) is 0.438. The van der Waals surface area contributed by atoms with Crippen LogP contribution < -0.4 is 4.74 Å². The monoisotopic (exact) mass is 335 g/mol. The highest BCUT2D eigenvalue weighted by Gasteiger charge is 2.29. The highest BCUT2D eigenvalue weighted by atomic mass is 32.2. The number of likely N-dealkylation sites (tertiary alicyclic amines) is 1. The van der Waals surface area contributed by atoms with Crippen molar-refractivity contribution in [2.45, 2.75) is 23.8 Å². The maximum atomic E-state index is 11.8. The molecule has 1 aliphatic rings. The van der Waals surface area contributed by atoms with Crippen LogP contribution in [0.25, 0.3) is 0 Å². The topological polar surface area (TPSA) is 75.3 Å². The Labute approximate surface area is 136 Å². The molecule has 0 bridgehead atoms. The van der Waals surface area contributed by atoms with Gasteiger partial charge in [-0.05, 0) is 19.0 Å². The fourth-order valence-electron chi connectivity index (χ4n) is 3.16. The lowest BCUT2D eigenvalue weighted by Crippen LogP contribution is -2.20. The summed E-state index contributed by atoms with van der Waals surface area (Å²) in [4.78, 5) is 2.64. The molecule has 0 amide bonds. The van der Waals surface area contributed by atoms with Crippen molar-refractivity contribution >= 4 is 9.84 Å². The number of H-pyrrole nitrogens is 1. The average molecular weight is 335 g/mol. The summed E-state index contributed by atoms with van der Waals surface area (Å²) in [5.74, 6) is 1.05. The van der Waals surface area contributed by atoms with E-state index in [1.807, 2.05) is 18.2 Å². The molecule has 6 nitrogen and oxygen atoms in total. The zero-order chi connectivity index (χ0) is 16.4. The third-order valence-corrected chi connectivity index (χ3v) is 5.42. The van der Waals surface area contributed by atoms with E-state index in [9.17, 15) is 8.42 Å². The first-order valence-electron chi connectivity index (χ1n) is 7.56. The van der Waals surface area contributed by atoms with Crippen LogP contribution >= 0.6 is 0 Å². The maximum Gasteiger partial charge on any atom is 0.178 e. The normalized spacial score (nSPS) is 19.1. The van der Waals surface area contributed by atoms with Gasteiger partial charge in [0.25, 0.3) is 0 Å². The van der Waals surface area contributed by atoms with Gasteiger partial charge in [0, 0.05) is 30.8 Å². The molecule has 7 heteroatoms. The molecule has 1 N–H and O–H groups in total. The van der Waals surface area contributed by atoms with E-state index < -0.39 is 9.84 Å². The third kappa shape index (κ3) is 3.40. The van der Waals surface area contributed by atoms with Gasteiger partial charge in [0.2, 0.25) is 0 Å². The van der Waals surface area contributed by atoms with E-state index in [1.165, 1.54) is 12.5 Å². The number of aromatic amines is 1. The van der Waals surface area contributed by atoms with E-state index in [-0.39, 0.29) is 5.92 Å². The van der Waals surface area contributed by atoms with Crippen LogP contribution in [-0.4, -0.2) is 50.0 Å². The van der Waals surface area contributed by atoms with E-state index >= 15 is 0 Å². The van der Waals surface area contributed by atoms with Crippen LogP contribution in [0.15, 0.2) is 35.4 Å². The second-order valence-electron chi connectivity index (χ2n) is 5.95. The van der Waals surface area contributed by atoms with Crippen molar-refractivity contribution in [3.8, 4) is 5.75 Å². The Morgan fingerprint density at radius 2 is 2.17 bits per heavy atom. The van der Waals surface area contributed by atoms with Gasteiger partial charge in [-0.1, -0.05) is 18.2 Å². The summed E-state index contributed by atoms with van der Waals surface area (Å²) in [5, 5.41) is 6.81. The predicted molar refractivity (Wildman–Crippen MR) is 87.3 cm³/mol. The minimum absolute atomic E-state index is 0.164. The van der Waals surface area contributed by atoms with Gasteiger partial charge in [-0.25, -0.2) is 8.42 Å². The Hall–Kier alpha value is -1.86. The SMILES string of the molecule is COc1ccccc1CN1CC[C@H](c2[nH]ncc2S(C)(=O)=O)C1. The minimum atomic E-state index is -3.25. The molecular formula is C16H21N3O3S. The minimum Gasteiger partial charge on any atom is -0.496 e. The first-order valence-corrected chi connectivity index (χ1v) is 9.45. The number of rotatable bonds is 5. The van der Waals surface area contributed by atoms with Crippen molar-refractivity contribution in [2.24, 2.45) is 0 Å². The van der Waals surface area contributed by atoms with Crippen molar-refractivity contribution < 1.29 is 13.2 Å². The van der Waals surface area contributed by atoms with E-state index in [0.717, 1.165) is 43.1 Å². The highest BCUT2D eigenvalue weighted by Crippen LogP contribution is 2.31. The van der Waals surface area contributed by atoms with E-state index in [4.69, 9.17) is 4.74 Å². The fourth-order valence-corrected chi connectivity index (χ4v) is 4.02. The number of hydrogen-bond acceptors (Lipinski definition) is 5. The quantitative estimate of drug-likeness (QED) is 0.902. The molecule has 0 aliphatic carbocycles. The molecule has 0 radical (unpaired) electrons.